The van der Waals surface area contributed by atoms with Crippen LogP contribution in [0.4, 0.5) is 0 Å². The molecule has 1 atom stereocenters. The number of carbonyl (C=O) groups is 1. The summed E-state index contributed by atoms with van der Waals surface area (Å²) in [7, 11) is 0. The maximum absolute atomic E-state index is 12.3. The van der Waals surface area contributed by atoms with E-state index < -0.39 is 0 Å². The first-order valence-corrected chi connectivity index (χ1v) is 9.13. The Kier molecular flexibility index (Phi) is 5.02. The van der Waals surface area contributed by atoms with E-state index >= 15 is 0 Å². The molecule has 1 fully saturated rings. The Balaban J connectivity index is 1.44. The molecule has 4 rings (SSSR count). The number of aromatic nitrogens is 3. The lowest BCUT2D eigenvalue weighted by atomic mass is 10.1. The summed E-state index contributed by atoms with van der Waals surface area (Å²) in [6, 6.07) is 11.7. The van der Waals surface area contributed by atoms with E-state index in [2.05, 4.69) is 15.5 Å². The molecular formula is C20H22N4O3. The average molecular weight is 366 g/mol. The number of nitrogens with zero attached hydrogens (tertiary/aromatic N) is 3. The Morgan fingerprint density at radius 3 is 2.93 bits per heavy atom. The van der Waals surface area contributed by atoms with Crippen LogP contribution in [0.5, 0.6) is 0 Å². The zero-order valence-electron chi connectivity index (χ0n) is 15.2. The third kappa shape index (κ3) is 4.09. The lowest BCUT2D eigenvalue weighted by molar-refractivity contribution is -0.122. The highest BCUT2D eigenvalue weighted by molar-refractivity contribution is 5.76. The Morgan fingerprint density at radius 1 is 1.30 bits per heavy atom. The second kappa shape index (κ2) is 7.75. The molecule has 1 saturated heterocycles. The highest BCUT2D eigenvalue weighted by Gasteiger charge is 2.18. The average Bonchev–Trinajstić information content (AvgIpc) is 3.42. The number of ether oxygens (including phenoxy) is 1. The van der Waals surface area contributed by atoms with Crippen molar-refractivity contribution in [3.05, 3.63) is 48.2 Å². The highest BCUT2D eigenvalue weighted by Crippen LogP contribution is 2.23. The van der Waals surface area contributed by atoms with Crippen LogP contribution in [-0.2, 0) is 16.1 Å². The van der Waals surface area contributed by atoms with Gasteiger partial charge in [-0.15, -0.1) is 0 Å². The molecule has 3 heterocycles. The van der Waals surface area contributed by atoms with E-state index in [0.717, 1.165) is 25.0 Å². The van der Waals surface area contributed by atoms with Crippen molar-refractivity contribution in [2.75, 3.05) is 13.2 Å². The van der Waals surface area contributed by atoms with Gasteiger partial charge >= 0.3 is 0 Å². The molecule has 1 aliphatic heterocycles. The summed E-state index contributed by atoms with van der Waals surface area (Å²) >= 11 is 0. The quantitative estimate of drug-likeness (QED) is 0.725. The monoisotopic (exact) mass is 366 g/mol. The number of aryl methyl sites for hydroxylation is 1. The number of nitrogens with one attached hydrogen (secondary N) is 1. The number of benzene rings is 1. The Bertz CT molecular complexity index is 907. The molecular weight excluding hydrogens is 344 g/mol. The third-order valence-electron chi connectivity index (χ3n) is 4.65. The largest absolute Gasteiger partial charge is 0.376 e. The topological polar surface area (TPSA) is 82.2 Å². The Hall–Kier alpha value is -2.93. The maximum Gasteiger partial charge on any atom is 0.274 e. The molecule has 0 aliphatic carbocycles. The van der Waals surface area contributed by atoms with Crippen molar-refractivity contribution in [2.24, 2.45) is 0 Å². The van der Waals surface area contributed by atoms with Gasteiger partial charge < -0.3 is 19.1 Å². The number of hydrogen-bond donors (Lipinski definition) is 1. The lowest BCUT2D eigenvalue weighted by Crippen LogP contribution is -2.34. The molecule has 7 heteroatoms. The van der Waals surface area contributed by atoms with Crippen molar-refractivity contribution in [2.45, 2.75) is 32.4 Å². The first kappa shape index (κ1) is 17.5. The summed E-state index contributed by atoms with van der Waals surface area (Å²) in [6.45, 7) is 3.55. The van der Waals surface area contributed by atoms with Gasteiger partial charge in [0.2, 0.25) is 11.7 Å². The normalized spacial score (nSPS) is 16.6. The van der Waals surface area contributed by atoms with Gasteiger partial charge in [0, 0.05) is 24.9 Å². The van der Waals surface area contributed by atoms with Crippen LogP contribution in [0.1, 0.15) is 18.4 Å². The van der Waals surface area contributed by atoms with Crippen LogP contribution >= 0.6 is 0 Å². The molecule has 0 spiro atoms. The maximum atomic E-state index is 12.3. The molecule has 1 aliphatic rings. The van der Waals surface area contributed by atoms with Gasteiger partial charge in [0.1, 0.15) is 12.2 Å². The first-order valence-electron chi connectivity index (χ1n) is 9.13. The van der Waals surface area contributed by atoms with Gasteiger partial charge in [-0.3, -0.25) is 4.79 Å². The van der Waals surface area contributed by atoms with Gasteiger partial charge in [-0.1, -0.05) is 35.0 Å². The summed E-state index contributed by atoms with van der Waals surface area (Å²) in [4.78, 5) is 16.7. The number of rotatable bonds is 6. The van der Waals surface area contributed by atoms with Crippen molar-refractivity contribution >= 4 is 5.91 Å². The standard InChI is InChI=1S/C20H22N4O3/c1-14-6-8-15(9-7-14)19-22-20(27-23-19)17-5-2-10-24(17)13-18(25)21-12-16-4-3-11-26-16/h2,5-10,16H,3-4,11-13H2,1H3,(H,21,25)/t16-/m1/s1. The molecule has 3 aromatic rings. The first-order chi connectivity index (χ1) is 13.2. The van der Waals surface area contributed by atoms with Crippen molar-refractivity contribution in [3.63, 3.8) is 0 Å². The molecule has 0 unspecified atom stereocenters. The molecule has 0 saturated carbocycles. The van der Waals surface area contributed by atoms with E-state index in [1.165, 1.54) is 5.56 Å². The fourth-order valence-electron chi connectivity index (χ4n) is 3.14. The van der Waals surface area contributed by atoms with E-state index in [1.54, 1.807) is 4.57 Å². The third-order valence-corrected chi connectivity index (χ3v) is 4.65. The van der Waals surface area contributed by atoms with Crippen LogP contribution in [0.15, 0.2) is 47.1 Å². The predicted octanol–water partition coefficient (Wildman–Crippen LogP) is 2.81. The van der Waals surface area contributed by atoms with Crippen molar-refractivity contribution in [3.8, 4) is 23.0 Å². The smallest absolute Gasteiger partial charge is 0.274 e. The van der Waals surface area contributed by atoms with E-state index in [9.17, 15) is 4.79 Å². The molecule has 7 nitrogen and oxygen atoms in total. The van der Waals surface area contributed by atoms with E-state index in [1.807, 2.05) is 49.5 Å². The van der Waals surface area contributed by atoms with Gasteiger partial charge in [0.25, 0.3) is 5.89 Å². The van der Waals surface area contributed by atoms with Crippen LogP contribution in [0.25, 0.3) is 23.0 Å². The molecule has 0 radical (unpaired) electrons. The summed E-state index contributed by atoms with van der Waals surface area (Å²) in [5.74, 6) is 0.851. The molecule has 0 bridgehead atoms. The number of amides is 1. The van der Waals surface area contributed by atoms with Crippen molar-refractivity contribution < 1.29 is 14.1 Å². The molecule has 27 heavy (non-hydrogen) atoms. The van der Waals surface area contributed by atoms with Crippen LogP contribution in [0, 0.1) is 6.92 Å². The predicted molar refractivity (Wildman–Crippen MR) is 99.9 cm³/mol. The van der Waals surface area contributed by atoms with E-state index in [-0.39, 0.29) is 18.6 Å². The minimum Gasteiger partial charge on any atom is -0.376 e. The van der Waals surface area contributed by atoms with Crippen molar-refractivity contribution in [1.82, 2.24) is 20.0 Å². The summed E-state index contributed by atoms with van der Waals surface area (Å²) in [5, 5.41) is 6.99. The molecule has 140 valence electrons. The van der Waals surface area contributed by atoms with Crippen LogP contribution in [0.2, 0.25) is 0 Å². The Morgan fingerprint density at radius 2 is 2.15 bits per heavy atom. The molecule has 1 aromatic carbocycles. The second-order valence-corrected chi connectivity index (χ2v) is 6.75. The van der Waals surface area contributed by atoms with Gasteiger partial charge in [-0.05, 0) is 31.9 Å². The van der Waals surface area contributed by atoms with Crippen molar-refractivity contribution in [1.29, 1.82) is 0 Å². The fraction of sp³-hybridized carbons (Fsp3) is 0.350. The van der Waals surface area contributed by atoms with Crippen LogP contribution in [-0.4, -0.2) is 39.9 Å². The second-order valence-electron chi connectivity index (χ2n) is 6.75. The number of carbonyl (C=O) groups excluding carboxylic acids is 1. The van der Waals surface area contributed by atoms with Gasteiger partial charge in [0.15, 0.2) is 0 Å². The summed E-state index contributed by atoms with van der Waals surface area (Å²) in [6.07, 6.45) is 4.02. The number of hydrogen-bond acceptors (Lipinski definition) is 5. The zero-order chi connectivity index (χ0) is 18.6. The fourth-order valence-corrected chi connectivity index (χ4v) is 3.14. The summed E-state index contributed by atoms with van der Waals surface area (Å²) in [5.41, 5.74) is 2.78. The zero-order valence-corrected chi connectivity index (χ0v) is 15.2. The van der Waals surface area contributed by atoms with Crippen LogP contribution in [0.3, 0.4) is 0 Å². The summed E-state index contributed by atoms with van der Waals surface area (Å²) < 4.78 is 12.8. The van der Waals surface area contributed by atoms with E-state index in [4.69, 9.17) is 9.26 Å². The molecule has 1 N–H and O–H groups in total. The van der Waals surface area contributed by atoms with Gasteiger partial charge in [-0.25, -0.2) is 0 Å². The minimum absolute atomic E-state index is 0.0683. The minimum atomic E-state index is -0.0683. The van der Waals surface area contributed by atoms with E-state index in [0.29, 0.717) is 24.0 Å². The Labute approximate surface area is 157 Å². The van der Waals surface area contributed by atoms with Gasteiger partial charge in [0.05, 0.1) is 6.10 Å². The molecule has 1 amide bonds. The lowest BCUT2D eigenvalue weighted by Gasteiger charge is -2.11. The molecule has 2 aromatic heterocycles. The highest BCUT2D eigenvalue weighted by atomic mass is 16.5. The SMILES string of the molecule is Cc1ccc(-c2noc(-c3cccn3CC(=O)NC[C@H]3CCCO3)n2)cc1. The van der Waals surface area contributed by atoms with Gasteiger partial charge in [-0.2, -0.15) is 4.98 Å². The van der Waals surface area contributed by atoms with Crippen LogP contribution < -0.4 is 5.32 Å².